The maximum atomic E-state index is 12.4. The van der Waals surface area contributed by atoms with Gasteiger partial charge in [-0.2, -0.15) is 0 Å². The highest BCUT2D eigenvalue weighted by molar-refractivity contribution is 5.92. The lowest BCUT2D eigenvalue weighted by atomic mass is 9.92. The minimum Gasteiger partial charge on any atom is -0.336 e. The van der Waals surface area contributed by atoms with Crippen molar-refractivity contribution in [3.05, 3.63) is 29.8 Å². The number of amides is 2. The minimum atomic E-state index is 0.0717. The molecule has 5 nitrogen and oxygen atoms in total. The second-order valence-electron chi connectivity index (χ2n) is 7.00. The summed E-state index contributed by atoms with van der Waals surface area (Å²) in [6, 6.07) is 8.33. The molecule has 1 fully saturated rings. The number of piperidine rings is 1. The zero-order chi connectivity index (χ0) is 17.7. The zero-order valence-corrected chi connectivity index (χ0v) is 15.1. The van der Waals surface area contributed by atoms with Crippen LogP contribution in [0.2, 0.25) is 0 Å². The summed E-state index contributed by atoms with van der Waals surface area (Å²) < 4.78 is 0. The summed E-state index contributed by atoms with van der Waals surface area (Å²) in [5.41, 5.74) is 1.88. The molecular weight excluding hydrogens is 302 g/mol. The van der Waals surface area contributed by atoms with Gasteiger partial charge in [-0.1, -0.05) is 12.1 Å². The number of hydrogen-bond acceptors (Lipinski definition) is 3. The minimum absolute atomic E-state index is 0.0717. The summed E-state index contributed by atoms with van der Waals surface area (Å²) in [5.74, 6) is 0.251. The molecule has 2 atom stereocenters. The maximum Gasteiger partial charge on any atom is 0.227 e. The van der Waals surface area contributed by atoms with Crippen LogP contribution in [0.4, 0.5) is 5.69 Å². The predicted octanol–water partition coefficient (Wildman–Crippen LogP) is 2.77. The first-order valence-corrected chi connectivity index (χ1v) is 8.77. The van der Waals surface area contributed by atoms with Gasteiger partial charge in [-0.15, -0.1) is 0 Å². The van der Waals surface area contributed by atoms with E-state index in [1.54, 1.807) is 6.92 Å². The Morgan fingerprint density at radius 1 is 1.29 bits per heavy atom. The van der Waals surface area contributed by atoms with E-state index in [2.05, 4.69) is 17.6 Å². The Morgan fingerprint density at radius 2 is 1.96 bits per heavy atom. The van der Waals surface area contributed by atoms with Crippen molar-refractivity contribution < 1.29 is 9.59 Å². The molecule has 0 aliphatic carbocycles. The molecule has 0 aromatic heterocycles. The van der Waals surface area contributed by atoms with Crippen LogP contribution in [0.3, 0.4) is 0 Å². The van der Waals surface area contributed by atoms with Crippen molar-refractivity contribution in [3.8, 4) is 0 Å². The molecule has 24 heavy (non-hydrogen) atoms. The van der Waals surface area contributed by atoms with Crippen LogP contribution in [0.5, 0.6) is 0 Å². The summed E-state index contributed by atoms with van der Waals surface area (Å²) in [7, 11) is 0. The van der Waals surface area contributed by atoms with E-state index in [0.717, 1.165) is 30.6 Å². The molecule has 1 aliphatic rings. The Kier molecular flexibility index (Phi) is 6.37. The molecule has 0 spiro atoms. The van der Waals surface area contributed by atoms with Gasteiger partial charge in [0.2, 0.25) is 11.8 Å². The number of hydrogen-bond donors (Lipinski definition) is 2. The van der Waals surface area contributed by atoms with E-state index >= 15 is 0 Å². The molecule has 1 aliphatic heterocycles. The van der Waals surface area contributed by atoms with Gasteiger partial charge in [-0.25, -0.2) is 0 Å². The zero-order valence-electron chi connectivity index (χ0n) is 15.1. The molecule has 5 heteroatoms. The first-order chi connectivity index (χ1) is 11.4. The van der Waals surface area contributed by atoms with Crippen LogP contribution in [0.15, 0.2) is 24.3 Å². The maximum absolute atomic E-state index is 12.4. The summed E-state index contributed by atoms with van der Waals surface area (Å²) in [6.45, 7) is 9.21. The van der Waals surface area contributed by atoms with Crippen molar-refractivity contribution in [1.82, 2.24) is 10.2 Å². The molecule has 0 bridgehead atoms. The molecule has 0 unspecified atom stereocenters. The second kappa shape index (κ2) is 8.29. The Morgan fingerprint density at radius 3 is 2.50 bits per heavy atom. The van der Waals surface area contributed by atoms with Crippen molar-refractivity contribution in [3.63, 3.8) is 0 Å². The van der Waals surface area contributed by atoms with Gasteiger partial charge < -0.3 is 15.5 Å². The van der Waals surface area contributed by atoms with Gasteiger partial charge >= 0.3 is 0 Å². The van der Waals surface area contributed by atoms with Gasteiger partial charge in [-0.05, 0) is 57.9 Å². The van der Waals surface area contributed by atoms with Crippen molar-refractivity contribution >= 4 is 17.5 Å². The normalized spacial score (nSPS) is 20.7. The van der Waals surface area contributed by atoms with Gasteiger partial charge in [0, 0.05) is 37.2 Å². The van der Waals surface area contributed by atoms with E-state index in [1.165, 1.54) is 0 Å². The van der Waals surface area contributed by atoms with E-state index in [-0.39, 0.29) is 23.8 Å². The fourth-order valence-corrected chi connectivity index (χ4v) is 3.16. The van der Waals surface area contributed by atoms with Gasteiger partial charge in [0.25, 0.3) is 0 Å². The summed E-state index contributed by atoms with van der Waals surface area (Å²) in [5, 5.41) is 6.37. The Bertz CT molecular complexity index is 568. The molecule has 132 valence electrons. The molecular formula is C19H29N3O2. The van der Waals surface area contributed by atoms with Crippen molar-refractivity contribution in [1.29, 1.82) is 0 Å². The third-order valence-corrected chi connectivity index (χ3v) is 4.60. The fraction of sp³-hybridized carbons (Fsp3) is 0.579. The first-order valence-electron chi connectivity index (χ1n) is 8.77. The highest BCUT2D eigenvalue weighted by Crippen LogP contribution is 2.19. The van der Waals surface area contributed by atoms with Gasteiger partial charge in [0.05, 0.1) is 0 Å². The van der Waals surface area contributed by atoms with Gasteiger partial charge in [-0.3, -0.25) is 9.59 Å². The summed E-state index contributed by atoms with van der Waals surface area (Å²) in [4.78, 5) is 25.9. The van der Waals surface area contributed by atoms with Crippen LogP contribution >= 0.6 is 0 Å². The van der Waals surface area contributed by atoms with E-state index in [0.29, 0.717) is 12.6 Å². The molecule has 1 heterocycles. The van der Waals surface area contributed by atoms with Crippen LogP contribution < -0.4 is 10.6 Å². The quantitative estimate of drug-likeness (QED) is 0.872. The largest absolute Gasteiger partial charge is 0.336 e. The van der Waals surface area contributed by atoms with E-state index in [1.807, 2.05) is 43.0 Å². The van der Waals surface area contributed by atoms with E-state index in [4.69, 9.17) is 0 Å². The number of carbonyl (C=O) groups is 2. The molecule has 1 saturated heterocycles. The molecule has 1 aromatic carbocycles. The highest BCUT2D eigenvalue weighted by Gasteiger charge is 2.24. The summed E-state index contributed by atoms with van der Waals surface area (Å²) in [6.07, 6.45) is 1.77. The summed E-state index contributed by atoms with van der Waals surface area (Å²) >= 11 is 0. The number of nitrogens with zero attached hydrogens (tertiary/aromatic N) is 1. The Balaban J connectivity index is 1.94. The van der Waals surface area contributed by atoms with Gasteiger partial charge in [0.1, 0.15) is 0 Å². The number of rotatable bonds is 5. The lowest BCUT2D eigenvalue weighted by molar-refractivity contribution is -0.131. The standard InChI is InChI=1S/C19H29N3O2/c1-13(2)22(15(4)23)12-16-5-7-18(8-6-16)21-19(24)17-9-10-20-14(3)11-17/h5-8,13-14,17,20H,9-12H2,1-4H3,(H,21,24)/t14-,17-/m0/s1. The molecule has 0 radical (unpaired) electrons. The second-order valence-corrected chi connectivity index (χ2v) is 7.00. The predicted molar refractivity (Wildman–Crippen MR) is 96.6 cm³/mol. The van der Waals surface area contributed by atoms with Crippen LogP contribution in [0.1, 0.15) is 46.1 Å². The van der Waals surface area contributed by atoms with Crippen molar-refractivity contribution in [2.24, 2.45) is 5.92 Å². The first kappa shape index (κ1) is 18.5. The number of nitrogens with one attached hydrogen (secondary N) is 2. The molecule has 2 amide bonds. The van der Waals surface area contributed by atoms with Gasteiger partial charge in [0.15, 0.2) is 0 Å². The molecule has 0 saturated carbocycles. The number of anilines is 1. The number of benzene rings is 1. The average Bonchev–Trinajstić information content (AvgIpc) is 2.53. The lowest BCUT2D eigenvalue weighted by Gasteiger charge is -2.27. The van der Waals surface area contributed by atoms with E-state index < -0.39 is 0 Å². The lowest BCUT2D eigenvalue weighted by Crippen LogP contribution is -2.40. The smallest absolute Gasteiger partial charge is 0.227 e. The van der Waals surface area contributed by atoms with Crippen LogP contribution in [-0.2, 0) is 16.1 Å². The van der Waals surface area contributed by atoms with Crippen LogP contribution in [0.25, 0.3) is 0 Å². The fourth-order valence-electron chi connectivity index (χ4n) is 3.16. The topological polar surface area (TPSA) is 61.4 Å². The molecule has 2 rings (SSSR count). The van der Waals surface area contributed by atoms with Crippen LogP contribution in [0, 0.1) is 5.92 Å². The Labute approximate surface area is 144 Å². The monoisotopic (exact) mass is 331 g/mol. The molecule has 1 aromatic rings. The molecule has 2 N–H and O–H groups in total. The van der Waals surface area contributed by atoms with Crippen molar-refractivity contribution in [2.45, 2.75) is 59.2 Å². The SMILES string of the molecule is CC(=O)N(Cc1ccc(NC(=O)[C@H]2CCN[C@@H](C)C2)cc1)C(C)C. The van der Waals surface area contributed by atoms with E-state index in [9.17, 15) is 9.59 Å². The van der Waals surface area contributed by atoms with Crippen LogP contribution in [-0.4, -0.2) is 35.3 Å². The third kappa shape index (κ3) is 5.06. The average molecular weight is 331 g/mol. The third-order valence-electron chi connectivity index (χ3n) is 4.60. The highest BCUT2D eigenvalue weighted by atomic mass is 16.2. The Hall–Kier alpha value is -1.88. The number of carbonyl (C=O) groups excluding carboxylic acids is 2. The van der Waals surface area contributed by atoms with Crippen molar-refractivity contribution in [2.75, 3.05) is 11.9 Å².